The lowest BCUT2D eigenvalue weighted by molar-refractivity contribution is 0.170. The highest BCUT2D eigenvalue weighted by Gasteiger charge is 2.20. The van der Waals surface area contributed by atoms with E-state index >= 15 is 0 Å². The predicted octanol–water partition coefficient (Wildman–Crippen LogP) is 4.59. The maximum atomic E-state index is 14.1. The van der Waals surface area contributed by atoms with E-state index in [4.69, 9.17) is 11.6 Å². The van der Waals surface area contributed by atoms with Gasteiger partial charge in [-0.15, -0.1) is 0 Å². The Labute approximate surface area is 169 Å². The minimum atomic E-state index is -1.24. The van der Waals surface area contributed by atoms with Gasteiger partial charge in [-0.2, -0.15) is 0 Å². The highest BCUT2D eigenvalue weighted by Crippen LogP contribution is 2.25. The van der Waals surface area contributed by atoms with Crippen LogP contribution >= 0.6 is 11.6 Å². The Hall–Kier alpha value is -3.09. The molecule has 7 heteroatoms. The van der Waals surface area contributed by atoms with Crippen LogP contribution in [0.4, 0.5) is 8.78 Å². The zero-order valence-corrected chi connectivity index (χ0v) is 15.8. The largest absolute Gasteiger partial charge is 0.388 e. The van der Waals surface area contributed by atoms with E-state index in [1.54, 1.807) is 30.3 Å². The molecule has 0 saturated carbocycles. The number of benzene rings is 3. The van der Waals surface area contributed by atoms with Gasteiger partial charge < -0.3 is 5.11 Å². The van der Waals surface area contributed by atoms with E-state index in [1.807, 2.05) is 0 Å². The van der Waals surface area contributed by atoms with Crippen LogP contribution < -0.4 is 5.56 Å². The second-order valence-electron chi connectivity index (χ2n) is 6.52. The molecule has 0 aliphatic heterocycles. The van der Waals surface area contributed by atoms with E-state index in [0.29, 0.717) is 5.69 Å². The van der Waals surface area contributed by atoms with Gasteiger partial charge in [0.2, 0.25) is 0 Å². The number of hydrogen-bond donors (Lipinski definition) is 1. The first kappa shape index (κ1) is 19.2. The van der Waals surface area contributed by atoms with Crippen molar-refractivity contribution in [1.82, 2.24) is 9.55 Å². The fourth-order valence-corrected chi connectivity index (χ4v) is 3.47. The van der Waals surface area contributed by atoms with Crippen molar-refractivity contribution >= 4 is 22.5 Å². The van der Waals surface area contributed by atoms with Gasteiger partial charge in [0.15, 0.2) is 0 Å². The van der Waals surface area contributed by atoms with Crippen molar-refractivity contribution < 1.29 is 13.9 Å². The molecule has 0 aliphatic carbocycles. The standard InChI is InChI=1S/C22H15ClF2N2O2/c23-16-6-2-4-8-19(16)27-21(12-20(28)14-5-1-3-7-17(14)25)26-18-10-9-13(24)11-15(18)22(27)29/h1-11,20,28H,12H2. The average Bonchev–Trinajstić information content (AvgIpc) is 2.70. The maximum absolute atomic E-state index is 14.1. The molecule has 4 aromatic rings. The summed E-state index contributed by atoms with van der Waals surface area (Å²) in [6.45, 7) is 0. The summed E-state index contributed by atoms with van der Waals surface area (Å²) < 4.78 is 29.0. The lowest BCUT2D eigenvalue weighted by Gasteiger charge is -2.18. The van der Waals surface area contributed by atoms with Crippen molar-refractivity contribution in [3.8, 4) is 5.69 Å². The molecule has 1 atom stereocenters. The molecular weight excluding hydrogens is 398 g/mol. The quantitative estimate of drug-likeness (QED) is 0.533. The summed E-state index contributed by atoms with van der Waals surface area (Å²) in [6.07, 6.45) is -1.39. The first-order chi connectivity index (χ1) is 14.0. The van der Waals surface area contributed by atoms with Crippen LogP contribution in [0.1, 0.15) is 17.5 Å². The Bertz CT molecular complexity index is 1270. The van der Waals surface area contributed by atoms with Gasteiger partial charge in [-0.05, 0) is 36.4 Å². The molecule has 4 nitrogen and oxygen atoms in total. The Balaban J connectivity index is 1.94. The minimum Gasteiger partial charge on any atom is -0.388 e. The monoisotopic (exact) mass is 412 g/mol. The van der Waals surface area contributed by atoms with Gasteiger partial charge in [0.25, 0.3) is 5.56 Å². The molecule has 0 bridgehead atoms. The Morgan fingerprint density at radius 1 is 1.03 bits per heavy atom. The van der Waals surface area contributed by atoms with Crippen molar-refractivity contribution in [2.24, 2.45) is 0 Å². The van der Waals surface area contributed by atoms with Crippen LogP contribution in [0.25, 0.3) is 16.6 Å². The third kappa shape index (κ3) is 3.64. The summed E-state index contributed by atoms with van der Waals surface area (Å²) in [5.74, 6) is -0.950. The van der Waals surface area contributed by atoms with Gasteiger partial charge in [0.05, 0.1) is 27.7 Å². The molecule has 1 heterocycles. The summed E-state index contributed by atoms with van der Waals surface area (Å²) in [7, 11) is 0. The predicted molar refractivity (Wildman–Crippen MR) is 107 cm³/mol. The molecule has 1 N–H and O–H groups in total. The SMILES string of the molecule is O=c1c2cc(F)ccc2nc(CC(O)c2ccccc2F)n1-c1ccccc1Cl. The van der Waals surface area contributed by atoms with Gasteiger partial charge in [-0.1, -0.05) is 41.9 Å². The molecule has 0 saturated heterocycles. The molecule has 0 spiro atoms. The summed E-state index contributed by atoms with van der Waals surface area (Å²) in [5.41, 5.74) is 0.175. The van der Waals surface area contributed by atoms with Gasteiger partial charge in [-0.25, -0.2) is 13.8 Å². The number of aliphatic hydroxyl groups excluding tert-OH is 1. The number of para-hydroxylation sites is 1. The van der Waals surface area contributed by atoms with E-state index in [0.717, 1.165) is 6.07 Å². The fraction of sp³-hybridized carbons (Fsp3) is 0.0909. The van der Waals surface area contributed by atoms with Crippen LogP contribution in [0, 0.1) is 11.6 Å². The number of aromatic nitrogens is 2. The lowest BCUT2D eigenvalue weighted by Crippen LogP contribution is -2.25. The normalized spacial score (nSPS) is 12.3. The van der Waals surface area contributed by atoms with Crippen molar-refractivity contribution in [1.29, 1.82) is 0 Å². The Morgan fingerprint density at radius 2 is 1.76 bits per heavy atom. The highest BCUT2D eigenvalue weighted by molar-refractivity contribution is 6.32. The number of fused-ring (bicyclic) bond motifs is 1. The summed E-state index contributed by atoms with van der Waals surface area (Å²) >= 11 is 6.28. The van der Waals surface area contributed by atoms with E-state index < -0.39 is 23.3 Å². The molecule has 29 heavy (non-hydrogen) atoms. The molecule has 0 aliphatic rings. The summed E-state index contributed by atoms with van der Waals surface area (Å²) in [6, 6.07) is 16.2. The number of aliphatic hydroxyl groups is 1. The molecule has 0 fully saturated rings. The van der Waals surface area contributed by atoms with Crippen molar-refractivity contribution in [3.63, 3.8) is 0 Å². The second-order valence-corrected chi connectivity index (χ2v) is 6.93. The highest BCUT2D eigenvalue weighted by atomic mass is 35.5. The molecule has 1 aromatic heterocycles. The Morgan fingerprint density at radius 3 is 2.52 bits per heavy atom. The molecular formula is C22H15ClF2N2O2. The van der Waals surface area contributed by atoms with E-state index in [2.05, 4.69) is 4.98 Å². The van der Waals surface area contributed by atoms with E-state index in [-0.39, 0.29) is 33.7 Å². The van der Waals surface area contributed by atoms with Crippen LogP contribution in [-0.4, -0.2) is 14.7 Å². The second kappa shape index (κ2) is 7.73. The third-order valence-corrected chi connectivity index (χ3v) is 4.95. The van der Waals surface area contributed by atoms with Gasteiger partial charge >= 0.3 is 0 Å². The Kier molecular flexibility index (Phi) is 5.13. The van der Waals surface area contributed by atoms with E-state index in [1.165, 1.54) is 34.9 Å². The van der Waals surface area contributed by atoms with Crippen molar-refractivity contribution in [2.75, 3.05) is 0 Å². The first-order valence-corrected chi connectivity index (χ1v) is 9.22. The number of halogens is 3. The van der Waals surface area contributed by atoms with Crippen LogP contribution in [0.15, 0.2) is 71.5 Å². The van der Waals surface area contributed by atoms with Crippen LogP contribution in [-0.2, 0) is 6.42 Å². The summed E-state index contributed by atoms with van der Waals surface area (Å²) in [4.78, 5) is 17.6. The first-order valence-electron chi connectivity index (χ1n) is 8.84. The van der Waals surface area contributed by atoms with Crippen LogP contribution in [0.5, 0.6) is 0 Å². The molecule has 0 amide bonds. The van der Waals surface area contributed by atoms with Crippen LogP contribution in [0.3, 0.4) is 0 Å². The molecule has 0 radical (unpaired) electrons. The fourth-order valence-electron chi connectivity index (χ4n) is 3.25. The van der Waals surface area contributed by atoms with Crippen molar-refractivity contribution in [3.05, 3.63) is 105 Å². The number of nitrogens with zero attached hydrogens (tertiary/aromatic N) is 2. The number of hydrogen-bond acceptors (Lipinski definition) is 3. The third-order valence-electron chi connectivity index (χ3n) is 4.63. The topological polar surface area (TPSA) is 55.1 Å². The van der Waals surface area contributed by atoms with Gasteiger partial charge in [0, 0.05) is 12.0 Å². The smallest absolute Gasteiger partial charge is 0.266 e. The molecule has 4 rings (SSSR count). The zero-order valence-electron chi connectivity index (χ0n) is 15.0. The van der Waals surface area contributed by atoms with Crippen LogP contribution in [0.2, 0.25) is 5.02 Å². The summed E-state index contributed by atoms with van der Waals surface area (Å²) in [5, 5.41) is 11.0. The minimum absolute atomic E-state index is 0.0778. The zero-order chi connectivity index (χ0) is 20.5. The number of rotatable bonds is 4. The molecule has 146 valence electrons. The average molecular weight is 413 g/mol. The van der Waals surface area contributed by atoms with Crippen molar-refractivity contribution in [2.45, 2.75) is 12.5 Å². The maximum Gasteiger partial charge on any atom is 0.266 e. The lowest BCUT2D eigenvalue weighted by atomic mass is 10.1. The van der Waals surface area contributed by atoms with Gasteiger partial charge in [-0.3, -0.25) is 9.36 Å². The van der Waals surface area contributed by atoms with Gasteiger partial charge in [0.1, 0.15) is 17.5 Å². The molecule has 1 unspecified atom stereocenters. The molecule has 3 aromatic carbocycles. The van der Waals surface area contributed by atoms with E-state index in [9.17, 15) is 18.7 Å².